The Morgan fingerprint density at radius 2 is 1.77 bits per heavy atom. The summed E-state index contributed by atoms with van der Waals surface area (Å²) < 4.78 is 5.73. The van der Waals surface area contributed by atoms with Crippen LogP contribution in [0.15, 0.2) is 42.5 Å². The van der Waals surface area contributed by atoms with E-state index in [1.165, 1.54) is 22.5 Å². The molecule has 134 valence electrons. The first-order valence-corrected chi connectivity index (χ1v) is 8.98. The van der Waals surface area contributed by atoms with E-state index in [2.05, 4.69) is 27.8 Å². The number of ether oxygens (including phenoxy) is 1. The molecule has 0 atom stereocenters. The van der Waals surface area contributed by atoms with Gasteiger partial charge in [0.15, 0.2) is 5.01 Å². The van der Waals surface area contributed by atoms with Crippen LogP contribution in [0.4, 0.5) is 15.6 Å². The second kappa shape index (κ2) is 7.97. The fraction of sp³-hybridized carbons (Fsp3) is 0.211. The predicted molar refractivity (Wildman–Crippen MR) is 104 cm³/mol. The third-order valence-corrected chi connectivity index (χ3v) is 4.65. The molecule has 7 heteroatoms. The van der Waals surface area contributed by atoms with Crippen molar-refractivity contribution in [2.75, 3.05) is 10.6 Å². The minimum atomic E-state index is -0.355. The Hall–Kier alpha value is -2.93. The Labute approximate surface area is 156 Å². The lowest BCUT2D eigenvalue weighted by molar-refractivity contribution is 0.262. The van der Waals surface area contributed by atoms with Gasteiger partial charge in [0.1, 0.15) is 12.4 Å². The number of nitrogens with one attached hydrogen (secondary N) is 2. The van der Waals surface area contributed by atoms with Crippen molar-refractivity contribution in [2.24, 2.45) is 0 Å². The lowest BCUT2D eigenvalue weighted by Crippen LogP contribution is -2.19. The Morgan fingerprint density at radius 3 is 2.50 bits per heavy atom. The molecule has 3 rings (SSSR count). The zero-order chi connectivity index (χ0) is 18.5. The minimum absolute atomic E-state index is 0.307. The molecule has 6 nitrogen and oxygen atoms in total. The van der Waals surface area contributed by atoms with Gasteiger partial charge in [0.05, 0.1) is 0 Å². The van der Waals surface area contributed by atoms with E-state index >= 15 is 0 Å². The molecule has 0 aliphatic rings. The monoisotopic (exact) mass is 368 g/mol. The molecular formula is C19H20N4O2S. The third kappa shape index (κ3) is 4.80. The molecular weight excluding hydrogens is 348 g/mol. The highest BCUT2D eigenvalue weighted by molar-refractivity contribution is 7.15. The van der Waals surface area contributed by atoms with Crippen LogP contribution in [0.3, 0.4) is 0 Å². The topological polar surface area (TPSA) is 76.1 Å². The number of nitrogens with zero attached hydrogens (tertiary/aromatic N) is 2. The average Bonchev–Trinajstić information content (AvgIpc) is 3.05. The van der Waals surface area contributed by atoms with Crippen LogP contribution in [0.25, 0.3) is 0 Å². The Bertz CT molecular complexity index is 906. The van der Waals surface area contributed by atoms with Gasteiger partial charge in [-0.25, -0.2) is 4.79 Å². The number of benzene rings is 2. The number of carbonyl (C=O) groups excluding carboxylic acids is 1. The number of carbonyl (C=O) groups is 1. The summed E-state index contributed by atoms with van der Waals surface area (Å²) in [5.74, 6) is 0.787. The molecule has 0 fully saturated rings. The molecule has 3 aromatic rings. The summed E-state index contributed by atoms with van der Waals surface area (Å²) >= 11 is 1.28. The molecule has 2 amide bonds. The van der Waals surface area contributed by atoms with Gasteiger partial charge in [-0.15, -0.1) is 10.2 Å². The Balaban J connectivity index is 1.53. The van der Waals surface area contributed by atoms with Gasteiger partial charge in [0, 0.05) is 5.69 Å². The van der Waals surface area contributed by atoms with Crippen molar-refractivity contribution in [3.05, 3.63) is 64.2 Å². The Morgan fingerprint density at radius 1 is 1.00 bits per heavy atom. The standard InChI is InChI=1S/C19H20N4O2S/c1-12-4-7-15(8-5-12)20-18(24)21-19-23-22-17(26-19)11-25-16-9-6-13(2)14(3)10-16/h4-10H,11H2,1-3H3,(H2,20,21,23,24). The molecule has 0 saturated carbocycles. The van der Waals surface area contributed by atoms with Crippen molar-refractivity contribution in [3.63, 3.8) is 0 Å². The van der Waals surface area contributed by atoms with Crippen molar-refractivity contribution in [1.29, 1.82) is 0 Å². The molecule has 2 N–H and O–H groups in total. The van der Waals surface area contributed by atoms with Crippen LogP contribution in [0.2, 0.25) is 0 Å². The predicted octanol–water partition coefficient (Wildman–Crippen LogP) is 4.69. The van der Waals surface area contributed by atoms with Crippen LogP contribution in [0, 0.1) is 20.8 Å². The highest BCUT2D eigenvalue weighted by Crippen LogP contribution is 2.20. The van der Waals surface area contributed by atoms with E-state index in [0.717, 1.165) is 17.0 Å². The number of hydrogen-bond acceptors (Lipinski definition) is 5. The summed E-state index contributed by atoms with van der Waals surface area (Å²) in [7, 11) is 0. The summed E-state index contributed by atoms with van der Waals surface area (Å²) in [6.07, 6.45) is 0. The van der Waals surface area contributed by atoms with E-state index in [9.17, 15) is 4.79 Å². The molecule has 0 radical (unpaired) electrons. The van der Waals surface area contributed by atoms with E-state index in [1.807, 2.05) is 56.3 Å². The van der Waals surface area contributed by atoms with Crippen LogP contribution >= 0.6 is 11.3 Å². The zero-order valence-electron chi connectivity index (χ0n) is 14.9. The SMILES string of the molecule is Cc1ccc(NC(=O)Nc2nnc(COc3ccc(C)c(C)c3)s2)cc1. The van der Waals surface area contributed by atoms with Gasteiger partial charge in [-0.2, -0.15) is 0 Å². The van der Waals surface area contributed by atoms with Crippen molar-refractivity contribution < 1.29 is 9.53 Å². The van der Waals surface area contributed by atoms with Gasteiger partial charge < -0.3 is 10.1 Å². The second-order valence-corrected chi connectivity index (χ2v) is 7.04. The van der Waals surface area contributed by atoms with Crippen LogP contribution < -0.4 is 15.4 Å². The van der Waals surface area contributed by atoms with Gasteiger partial charge >= 0.3 is 6.03 Å². The zero-order valence-corrected chi connectivity index (χ0v) is 15.7. The summed E-state index contributed by atoms with van der Waals surface area (Å²) in [5, 5.41) is 14.6. The molecule has 0 unspecified atom stereocenters. The van der Waals surface area contributed by atoms with Gasteiger partial charge in [-0.1, -0.05) is 35.1 Å². The van der Waals surface area contributed by atoms with E-state index < -0.39 is 0 Å². The maximum atomic E-state index is 12.0. The summed E-state index contributed by atoms with van der Waals surface area (Å²) in [5.41, 5.74) is 4.25. The second-order valence-electron chi connectivity index (χ2n) is 5.98. The third-order valence-electron chi connectivity index (χ3n) is 3.84. The number of anilines is 2. The lowest BCUT2D eigenvalue weighted by atomic mass is 10.1. The van der Waals surface area contributed by atoms with E-state index in [4.69, 9.17) is 4.74 Å². The normalized spacial score (nSPS) is 10.4. The number of amides is 2. The highest BCUT2D eigenvalue weighted by Gasteiger charge is 2.09. The molecule has 1 heterocycles. The van der Waals surface area contributed by atoms with Crippen molar-refractivity contribution in [2.45, 2.75) is 27.4 Å². The number of aryl methyl sites for hydroxylation is 3. The summed E-state index contributed by atoms with van der Waals surface area (Å²) in [6.45, 7) is 6.40. The van der Waals surface area contributed by atoms with Gasteiger partial charge in [-0.3, -0.25) is 5.32 Å². The van der Waals surface area contributed by atoms with E-state index in [-0.39, 0.29) is 6.03 Å². The maximum Gasteiger partial charge on any atom is 0.325 e. The van der Waals surface area contributed by atoms with Crippen LogP contribution in [0.5, 0.6) is 5.75 Å². The first kappa shape index (κ1) is 17.9. The van der Waals surface area contributed by atoms with E-state index in [0.29, 0.717) is 16.7 Å². The van der Waals surface area contributed by atoms with Gasteiger partial charge in [0.25, 0.3) is 0 Å². The van der Waals surface area contributed by atoms with Crippen LogP contribution in [-0.2, 0) is 6.61 Å². The molecule has 0 saturated heterocycles. The molecule has 0 aliphatic heterocycles. The van der Waals surface area contributed by atoms with Crippen LogP contribution in [0.1, 0.15) is 21.7 Å². The van der Waals surface area contributed by atoms with Crippen molar-refractivity contribution in [3.8, 4) is 5.75 Å². The molecule has 0 bridgehead atoms. The Kier molecular flexibility index (Phi) is 5.48. The molecule has 2 aromatic carbocycles. The van der Waals surface area contributed by atoms with Gasteiger partial charge in [0.2, 0.25) is 5.13 Å². The fourth-order valence-corrected chi connectivity index (χ4v) is 2.86. The number of urea groups is 1. The molecule has 26 heavy (non-hydrogen) atoms. The largest absolute Gasteiger partial charge is 0.486 e. The van der Waals surface area contributed by atoms with E-state index in [1.54, 1.807) is 0 Å². The highest BCUT2D eigenvalue weighted by atomic mass is 32.1. The van der Waals surface area contributed by atoms with Crippen LogP contribution in [-0.4, -0.2) is 16.2 Å². The number of hydrogen-bond donors (Lipinski definition) is 2. The molecule has 0 spiro atoms. The average molecular weight is 368 g/mol. The van der Waals surface area contributed by atoms with Crippen molar-refractivity contribution >= 4 is 28.2 Å². The minimum Gasteiger partial charge on any atom is -0.486 e. The number of rotatable bonds is 5. The number of aromatic nitrogens is 2. The first-order valence-electron chi connectivity index (χ1n) is 8.17. The maximum absolute atomic E-state index is 12.0. The first-order chi connectivity index (χ1) is 12.5. The van der Waals surface area contributed by atoms with Gasteiger partial charge in [-0.05, 0) is 56.2 Å². The lowest BCUT2D eigenvalue weighted by Gasteiger charge is -2.06. The molecule has 0 aliphatic carbocycles. The smallest absolute Gasteiger partial charge is 0.325 e. The quantitative estimate of drug-likeness (QED) is 0.685. The summed E-state index contributed by atoms with van der Waals surface area (Å²) in [4.78, 5) is 12.0. The van der Waals surface area contributed by atoms with Crippen molar-refractivity contribution in [1.82, 2.24) is 10.2 Å². The fourth-order valence-electron chi connectivity index (χ4n) is 2.21. The molecule has 1 aromatic heterocycles. The summed E-state index contributed by atoms with van der Waals surface area (Å²) in [6, 6.07) is 13.1.